The van der Waals surface area contributed by atoms with Crippen LogP contribution in [0, 0.1) is 0 Å². The summed E-state index contributed by atoms with van der Waals surface area (Å²) in [4.78, 5) is 0.269. The lowest BCUT2D eigenvalue weighted by Crippen LogP contribution is -2.42. The van der Waals surface area contributed by atoms with Gasteiger partial charge in [-0.15, -0.1) is 0 Å². The zero-order valence-corrected chi connectivity index (χ0v) is 14.4. The second-order valence-electron chi connectivity index (χ2n) is 5.52. The van der Waals surface area contributed by atoms with Crippen LogP contribution in [-0.4, -0.2) is 34.0 Å². The van der Waals surface area contributed by atoms with Crippen LogP contribution in [0.5, 0.6) is 5.75 Å². The molecule has 1 N–H and O–H groups in total. The summed E-state index contributed by atoms with van der Waals surface area (Å²) >= 11 is 0. The zero-order valence-electron chi connectivity index (χ0n) is 13.6. The monoisotopic (exact) mass is 372 g/mol. The number of hydrogen-bond donors (Lipinski definition) is 1. The molecule has 0 bridgehead atoms. The number of aliphatic hydroxyl groups is 1. The molecule has 0 aliphatic heterocycles. The van der Waals surface area contributed by atoms with Crippen LogP contribution in [0.15, 0.2) is 59.5 Å². The van der Waals surface area contributed by atoms with Gasteiger partial charge >= 0.3 is 6.18 Å². The molecule has 0 unspecified atom stereocenters. The van der Waals surface area contributed by atoms with Crippen molar-refractivity contribution in [1.29, 1.82) is 0 Å². The fraction of sp³-hybridized carbons (Fsp3) is 0.333. The highest BCUT2D eigenvalue weighted by Gasteiger charge is 2.45. The van der Waals surface area contributed by atoms with E-state index in [0.29, 0.717) is 5.75 Å². The van der Waals surface area contributed by atoms with Gasteiger partial charge in [0.1, 0.15) is 5.75 Å². The summed E-state index contributed by atoms with van der Waals surface area (Å²) in [6, 6.07) is 14.8. The Labute approximate surface area is 146 Å². The van der Waals surface area contributed by atoms with Crippen LogP contribution in [0.1, 0.15) is 12.0 Å². The van der Waals surface area contributed by atoms with E-state index in [4.69, 9.17) is 4.74 Å². The first-order chi connectivity index (χ1) is 11.8. The van der Waals surface area contributed by atoms with Crippen LogP contribution >= 0.6 is 0 Å². The molecule has 0 aliphatic carbocycles. The lowest BCUT2D eigenvalue weighted by Gasteiger charge is -2.24. The minimum Gasteiger partial charge on any atom is -0.497 e. The summed E-state index contributed by atoms with van der Waals surface area (Å²) in [7, 11) is -0.451. The van der Waals surface area contributed by atoms with Crippen molar-refractivity contribution < 1.29 is 27.2 Å². The molecule has 0 heterocycles. The van der Waals surface area contributed by atoms with Gasteiger partial charge < -0.3 is 9.84 Å². The highest BCUT2D eigenvalue weighted by Crippen LogP contribution is 2.29. The molecule has 0 aliphatic rings. The summed E-state index contributed by atoms with van der Waals surface area (Å²) in [5, 5.41) is 8.26. The van der Waals surface area contributed by atoms with E-state index in [0.717, 1.165) is 5.56 Å². The zero-order chi connectivity index (χ0) is 18.4. The van der Waals surface area contributed by atoms with Gasteiger partial charge in [0.2, 0.25) is 0 Å². The average Bonchev–Trinajstić information content (AvgIpc) is 2.62. The minimum absolute atomic E-state index is 0.0610. The Morgan fingerprint density at radius 3 is 2.20 bits per heavy atom. The van der Waals surface area contributed by atoms with Crippen molar-refractivity contribution >= 4 is 10.8 Å². The first-order valence-corrected chi connectivity index (χ1v) is 8.87. The Morgan fingerprint density at radius 2 is 1.68 bits per heavy atom. The summed E-state index contributed by atoms with van der Waals surface area (Å²) < 4.78 is 56.6. The quantitative estimate of drug-likeness (QED) is 0.806. The van der Waals surface area contributed by atoms with E-state index in [1.54, 1.807) is 42.5 Å². The SMILES string of the molecule is COc1ccc(CC[C@@H]([C@@H](O)C(F)(F)F)[S@](=O)c2ccccc2)cc1. The topological polar surface area (TPSA) is 46.5 Å². The predicted molar refractivity (Wildman–Crippen MR) is 90.0 cm³/mol. The Morgan fingerprint density at radius 1 is 1.08 bits per heavy atom. The van der Waals surface area contributed by atoms with Gasteiger partial charge in [0.15, 0.2) is 6.10 Å². The molecule has 25 heavy (non-hydrogen) atoms. The van der Waals surface area contributed by atoms with Crippen molar-refractivity contribution in [2.24, 2.45) is 0 Å². The van der Waals surface area contributed by atoms with E-state index in [2.05, 4.69) is 0 Å². The van der Waals surface area contributed by atoms with Crippen LogP contribution in [0.3, 0.4) is 0 Å². The largest absolute Gasteiger partial charge is 0.497 e. The van der Waals surface area contributed by atoms with Crippen LogP contribution in [0.2, 0.25) is 0 Å². The van der Waals surface area contributed by atoms with Crippen molar-refractivity contribution in [3.63, 3.8) is 0 Å². The van der Waals surface area contributed by atoms with E-state index in [-0.39, 0.29) is 17.7 Å². The van der Waals surface area contributed by atoms with E-state index in [1.807, 2.05) is 0 Å². The molecule has 0 radical (unpaired) electrons. The molecule has 3 nitrogen and oxygen atoms in total. The number of rotatable bonds is 7. The van der Waals surface area contributed by atoms with E-state index in [1.165, 1.54) is 19.2 Å². The summed E-state index contributed by atoms with van der Waals surface area (Å²) in [6.45, 7) is 0. The number of benzene rings is 2. The Hall–Kier alpha value is -1.86. The lowest BCUT2D eigenvalue weighted by molar-refractivity contribution is -0.203. The second kappa shape index (κ2) is 8.49. The molecular weight excluding hydrogens is 353 g/mol. The maximum atomic E-state index is 13.0. The van der Waals surface area contributed by atoms with Crippen molar-refractivity contribution in [1.82, 2.24) is 0 Å². The molecule has 7 heteroatoms. The number of methoxy groups -OCH3 is 1. The minimum atomic E-state index is -4.82. The second-order valence-corrected chi connectivity index (χ2v) is 7.19. The molecule has 136 valence electrons. The van der Waals surface area contributed by atoms with Crippen LogP contribution in [0.4, 0.5) is 13.2 Å². The number of aryl methyl sites for hydroxylation is 1. The molecule has 2 aromatic carbocycles. The summed E-state index contributed by atoms with van der Waals surface area (Å²) in [5.41, 5.74) is 0.783. The first kappa shape index (κ1) is 19.5. The fourth-order valence-electron chi connectivity index (χ4n) is 2.42. The molecule has 2 rings (SSSR count). The molecule has 0 saturated heterocycles. The standard InChI is InChI=1S/C18H19F3O3S/c1-24-14-10-7-13(8-11-14)9-12-16(17(22)18(19,20)21)25(23)15-5-3-2-4-6-15/h2-8,10-11,16-17,22H,9,12H2,1H3/t16-,17+,25+/m0/s1. The third-order valence-corrected chi connectivity index (χ3v) is 5.59. The highest BCUT2D eigenvalue weighted by atomic mass is 32.2. The van der Waals surface area contributed by atoms with Crippen LogP contribution in [-0.2, 0) is 17.2 Å². The van der Waals surface area contributed by atoms with Gasteiger partial charge in [-0.3, -0.25) is 4.21 Å². The molecule has 3 atom stereocenters. The molecule has 0 spiro atoms. The normalized spacial score (nSPS) is 15.4. The van der Waals surface area contributed by atoms with Gasteiger partial charge in [0.25, 0.3) is 0 Å². The lowest BCUT2D eigenvalue weighted by atomic mass is 10.1. The van der Waals surface area contributed by atoms with E-state index >= 15 is 0 Å². The number of halogens is 3. The number of hydrogen-bond acceptors (Lipinski definition) is 3. The Kier molecular flexibility index (Phi) is 6.61. The molecule has 0 amide bonds. The number of aliphatic hydroxyl groups excluding tert-OH is 1. The molecule has 0 aromatic heterocycles. The summed E-state index contributed by atoms with van der Waals surface area (Å²) in [6.07, 6.45) is -7.27. The number of alkyl halides is 3. The smallest absolute Gasteiger partial charge is 0.415 e. The third-order valence-electron chi connectivity index (χ3n) is 3.81. The van der Waals surface area contributed by atoms with Crippen molar-refractivity contribution in [3.05, 3.63) is 60.2 Å². The highest BCUT2D eigenvalue weighted by molar-refractivity contribution is 7.85. The Balaban J connectivity index is 2.17. The van der Waals surface area contributed by atoms with E-state index in [9.17, 15) is 22.5 Å². The van der Waals surface area contributed by atoms with Crippen molar-refractivity contribution in [3.8, 4) is 5.75 Å². The van der Waals surface area contributed by atoms with E-state index < -0.39 is 28.3 Å². The van der Waals surface area contributed by atoms with Crippen LogP contribution < -0.4 is 4.74 Å². The first-order valence-electron chi connectivity index (χ1n) is 7.66. The maximum absolute atomic E-state index is 13.0. The fourth-order valence-corrected chi connectivity index (χ4v) is 3.92. The average molecular weight is 372 g/mol. The van der Waals surface area contributed by atoms with Gasteiger partial charge in [-0.1, -0.05) is 30.3 Å². The van der Waals surface area contributed by atoms with Gasteiger partial charge in [0.05, 0.1) is 23.2 Å². The summed E-state index contributed by atoms with van der Waals surface area (Å²) in [5.74, 6) is 0.642. The van der Waals surface area contributed by atoms with Crippen molar-refractivity contribution in [2.45, 2.75) is 35.3 Å². The molecule has 0 saturated carbocycles. The van der Waals surface area contributed by atoms with Gasteiger partial charge in [-0.2, -0.15) is 13.2 Å². The number of ether oxygens (including phenoxy) is 1. The van der Waals surface area contributed by atoms with Gasteiger partial charge in [-0.05, 0) is 42.7 Å². The third kappa shape index (κ3) is 5.31. The maximum Gasteiger partial charge on any atom is 0.415 e. The van der Waals surface area contributed by atoms with Crippen LogP contribution in [0.25, 0.3) is 0 Å². The predicted octanol–water partition coefficient (Wildman–Crippen LogP) is 3.73. The van der Waals surface area contributed by atoms with Gasteiger partial charge in [-0.25, -0.2) is 0 Å². The van der Waals surface area contributed by atoms with Crippen molar-refractivity contribution in [2.75, 3.05) is 7.11 Å². The Bertz CT molecular complexity index is 687. The molecule has 2 aromatic rings. The molecular formula is C18H19F3O3S. The van der Waals surface area contributed by atoms with Gasteiger partial charge in [0, 0.05) is 4.90 Å². The molecule has 0 fully saturated rings.